The van der Waals surface area contributed by atoms with E-state index in [1.807, 2.05) is 37.3 Å². The molecule has 0 aliphatic carbocycles. The first kappa shape index (κ1) is 21.4. The van der Waals surface area contributed by atoms with Crippen LogP contribution in [-0.2, 0) is 4.79 Å². The molecule has 0 saturated heterocycles. The molecule has 0 radical (unpaired) electrons. The van der Waals surface area contributed by atoms with Crippen molar-refractivity contribution in [2.75, 3.05) is 13.6 Å². The van der Waals surface area contributed by atoms with E-state index in [0.29, 0.717) is 11.1 Å². The van der Waals surface area contributed by atoms with E-state index >= 15 is 0 Å². The fourth-order valence-electron chi connectivity index (χ4n) is 4.06. The molecule has 0 aromatic heterocycles. The zero-order valence-electron chi connectivity index (χ0n) is 17.9. The number of carbonyl (C=O) groups is 3. The van der Waals surface area contributed by atoms with Crippen LogP contribution in [0.2, 0.25) is 0 Å². The first-order valence-electron chi connectivity index (χ1n) is 10.4. The van der Waals surface area contributed by atoms with Crippen LogP contribution >= 0.6 is 0 Å². The van der Waals surface area contributed by atoms with E-state index in [-0.39, 0.29) is 36.5 Å². The lowest BCUT2D eigenvalue weighted by Gasteiger charge is -2.30. The number of rotatable bonds is 6. The third-order valence-corrected chi connectivity index (χ3v) is 5.76. The average molecular weight is 430 g/mol. The van der Waals surface area contributed by atoms with Gasteiger partial charge in [0.1, 0.15) is 5.82 Å². The van der Waals surface area contributed by atoms with Gasteiger partial charge in [0.2, 0.25) is 5.91 Å². The molecule has 0 saturated carbocycles. The largest absolute Gasteiger partial charge is 0.335 e. The maximum absolute atomic E-state index is 13.5. The Hall–Kier alpha value is -3.80. The number of aryl methyl sites for hydroxylation is 1. The first-order chi connectivity index (χ1) is 15.4. The molecule has 3 aromatic carbocycles. The molecular weight excluding hydrogens is 407 g/mol. The fourth-order valence-corrected chi connectivity index (χ4v) is 4.06. The van der Waals surface area contributed by atoms with Crippen LogP contribution in [0.25, 0.3) is 0 Å². The van der Waals surface area contributed by atoms with Crippen LogP contribution < -0.4 is 0 Å². The lowest BCUT2D eigenvalue weighted by Crippen LogP contribution is -2.37. The number of hydrogen-bond donors (Lipinski definition) is 0. The van der Waals surface area contributed by atoms with Gasteiger partial charge in [-0.25, -0.2) is 4.39 Å². The summed E-state index contributed by atoms with van der Waals surface area (Å²) in [6.45, 7) is 1.86. The molecule has 0 spiro atoms. The van der Waals surface area contributed by atoms with Crippen LogP contribution in [0, 0.1) is 12.7 Å². The molecular formula is C26H23FN2O3. The summed E-state index contributed by atoms with van der Waals surface area (Å²) in [5, 5.41) is 0. The Morgan fingerprint density at radius 2 is 1.53 bits per heavy atom. The molecule has 32 heavy (non-hydrogen) atoms. The van der Waals surface area contributed by atoms with E-state index in [1.54, 1.807) is 42.3 Å². The summed E-state index contributed by atoms with van der Waals surface area (Å²) in [6.07, 6.45) is -0.00845. The average Bonchev–Trinajstić information content (AvgIpc) is 3.03. The topological polar surface area (TPSA) is 57.7 Å². The Morgan fingerprint density at radius 1 is 0.906 bits per heavy atom. The minimum Gasteiger partial charge on any atom is -0.335 e. The van der Waals surface area contributed by atoms with Gasteiger partial charge in [-0.3, -0.25) is 19.3 Å². The summed E-state index contributed by atoms with van der Waals surface area (Å²) in [7, 11) is 1.68. The molecule has 1 unspecified atom stereocenters. The van der Waals surface area contributed by atoms with E-state index < -0.39 is 6.04 Å². The van der Waals surface area contributed by atoms with Gasteiger partial charge < -0.3 is 4.90 Å². The van der Waals surface area contributed by atoms with Gasteiger partial charge >= 0.3 is 0 Å². The number of nitrogens with zero attached hydrogens (tertiary/aromatic N) is 2. The van der Waals surface area contributed by atoms with Crippen LogP contribution in [-0.4, -0.2) is 41.1 Å². The van der Waals surface area contributed by atoms with Crippen molar-refractivity contribution in [1.29, 1.82) is 0 Å². The Bertz CT molecular complexity index is 1180. The molecule has 0 fully saturated rings. The predicted octanol–water partition coefficient (Wildman–Crippen LogP) is 4.37. The van der Waals surface area contributed by atoms with E-state index in [9.17, 15) is 18.8 Å². The van der Waals surface area contributed by atoms with Crippen molar-refractivity contribution in [2.45, 2.75) is 19.4 Å². The number of amides is 3. The van der Waals surface area contributed by atoms with Crippen LogP contribution in [0.4, 0.5) is 4.39 Å². The third kappa shape index (κ3) is 4.04. The van der Waals surface area contributed by atoms with Crippen LogP contribution in [0.1, 0.15) is 49.9 Å². The number of imide groups is 1. The van der Waals surface area contributed by atoms with Crippen molar-refractivity contribution < 1.29 is 18.8 Å². The van der Waals surface area contributed by atoms with E-state index in [2.05, 4.69) is 0 Å². The molecule has 1 heterocycles. The van der Waals surface area contributed by atoms with Crippen molar-refractivity contribution in [3.8, 4) is 0 Å². The SMILES string of the molecule is Cc1ccc2c(c1)C(=O)N(CCC(=O)N(C)C(c1ccccc1)c1ccc(F)cc1)C2=O. The predicted molar refractivity (Wildman–Crippen MR) is 119 cm³/mol. The van der Waals surface area contributed by atoms with Crippen molar-refractivity contribution in [3.05, 3.63) is 106 Å². The van der Waals surface area contributed by atoms with Crippen LogP contribution in [0.3, 0.4) is 0 Å². The van der Waals surface area contributed by atoms with Gasteiger partial charge in [-0.1, -0.05) is 54.1 Å². The summed E-state index contributed by atoms with van der Waals surface area (Å²) < 4.78 is 13.5. The number of hydrogen-bond acceptors (Lipinski definition) is 3. The second kappa shape index (κ2) is 8.75. The lowest BCUT2D eigenvalue weighted by atomic mass is 9.97. The highest BCUT2D eigenvalue weighted by molar-refractivity contribution is 6.21. The smallest absolute Gasteiger partial charge is 0.261 e. The highest BCUT2D eigenvalue weighted by Gasteiger charge is 2.36. The molecule has 6 heteroatoms. The van der Waals surface area contributed by atoms with Crippen LogP contribution in [0.15, 0.2) is 72.8 Å². The summed E-state index contributed by atoms with van der Waals surface area (Å²) in [5.74, 6) is -1.33. The molecule has 1 aliphatic rings. The van der Waals surface area contributed by atoms with Crippen molar-refractivity contribution in [3.63, 3.8) is 0 Å². The van der Waals surface area contributed by atoms with Gasteiger partial charge in [-0.2, -0.15) is 0 Å². The Kier molecular flexibility index (Phi) is 5.86. The standard InChI is InChI=1S/C26H23FN2O3/c1-17-8-13-21-22(16-17)26(32)29(25(21)31)15-14-23(30)28(2)24(18-6-4-3-5-7-18)19-9-11-20(27)12-10-19/h3-13,16,24H,14-15H2,1-2H3. The molecule has 3 amide bonds. The van der Waals surface area contributed by atoms with E-state index in [0.717, 1.165) is 21.6 Å². The third-order valence-electron chi connectivity index (χ3n) is 5.76. The van der Waals surface area contributed by atoms with Gasteiger partial charge in [-0.05, 0) is 42.3 Å². The number of halogens is 1. The van der Waals surface area contributed by atoms with Gasteiger partial charge in [-0.15, -0.1) is 0 Å². The molecule has 0 N–H and O–H groups in total. The normalized spacial score (nSPS) is 13.8. The molecule has 3 aromatic rings. The zero-order valence-corrected chi connectivity index (χ0v) is 17.9. The van der Waals surface area contributed by atoms with Crippen molar-refractivity contribution in [1.82, 2.24) is 9.80 Å². The van der Waals surface area contributed by atoms with Gasteiger partial charge in [0.15, 0.2) is 0 Å². The van der Waals surface area contributed by atoms with Crippen molar-refractivity contribution in [2.24, 2.45) is 0 Å². The molecule has 5 nitrogen and oxygen atoms in total. The van der Waals surface area contributed by atoms with Crippen LogP contribution in [0.5, 0.6) is 0 Å². The monoisotopic (exact) mass is 430 g/mol. The quantitative estimate of drug-likeness (QED) is 0.546. The van der Waals surface area contributed by atoms with Gasteiger partial charge in [0, 0.05) is 20.0 Å². The fraction of sp³-hybridized carbons (Fsp3) is 0.192. The highest BCUT2D eigenvalue weighted by atomic mass is 19.1. The number of benzene rings is 3. The van der Waals surface area contributed by atoms with E-state index in [4.69, 9.17) is 0 Å². The zero-order chi connectivity index (χ0) is 22.8. The van der Waals surface area contributed by atoms with E-state index in [1.165, 1.54) is 12.1 Å². The minimum absolute atomic E-state index is 0.000501. The molecule has 4 rings (SSSR count). The highest BCUT2D eigenvalue weighted by Crippen LogP contribution is 2.29. The van der Waals surface area contributed by atoms with Gasteiger partial charge in [0.25, 0.3) is 11.8 Å². The summed E-state index contributed by atoms with van der Waals surface area (Å²) in [5.41, 5.74) is 3.29. The molecule has 1 aliphatic heterocycles. The molecule has 0 bridgehead atoms. The number of fused-ring (bicyclic) bond motifs is 1. The summed E-state index contributed by atoms with van der Waals surface area (Å²) >= 11 is 0. The Morgan fingerprint density at radius 3 is 2.22 bits per heavy atom. The van der Waals surface area contributed by atoms with Gasteiger partial charge in [0.05, 0.1) is 17.2 Å². The maximum Gasteiger partial charge on any atom is 0.261 e. The second-order valence-electron chi connectivity index (χ2n) is 7.93. The maximum atomic E-state index is 13.5. The second-order valence-corrected chi connectivity index (χ2v) is 7.93. The Balaban J connectivity index is 1.52. The summed E-state index contributed by atoms with van der Waals surface area (Å²) in [6, 6.07) is 20.2. The summed E-state index contributed by atoms with van der Waals surface area (Å²) in [4.78, 5) is 41.2. The molecule has 1 atom stereocenters. The molecule has 162 valence electrons. The number of carbonyl (C=O) groups excluding carboxylic acids is 3. The first-order valence-corrected chi connectivity index (χ1v) is 10.4. The lowest BCUT2D eigenvalue weighted by molar-refractivity contribution is -0.131. The Labute approximate surface area is 186 Å². The minimum atomic E-state index is -0.422. The van der Waals surface area contributed by atoms with Crippen molar-refractivity contribution >= 4 is 17.7 Å².